The van der Waals surface area contributed by atoms with Gasteiger partial charge in [-0.15, -0.1) is 0 Å². The van der Waals surface area contributed by atoms with Crippen molar-refractivity contribution in [1.29, 1.82) is 0 Å². The number of nitrogens with two attached hydrogens (primary N) is 1. The third kappa shape index (κ3) is 2.16. The van der Waals surface area contributed by atoms with Crippen LogP contribution in [0.15, 0.2) is 58.3 Å². The van der Waals surface area contributed by atoms with Gasteiger partial charge < -0.3 is 10.5 Å². The van der Waals surface area contributed by atoms with Crippen molar-refractivity contribution in [2.45, 2.75) is 4.90 Å². The van der Waals surface area contributed by atoms with Crippen LogP contribution in [0.3, 0.4) is 0 Å². The summed E-state index contributed by atoms with van der Waals surface area (Å²) in [6.45, 7) is 0.0148. The van der Waals surface area contributed by atoms with Gasteiger partial charge in [-0.3, -0.25) is 0 Å². The average molecular weight is 287 g/mol. The number of para-hydroxylation sites is 1. The number of fused-ring (bicyclic) bond motifs is 1. The molecule has 2 N–H and O–H groups in total. The topological polar surface area (TPSA) is 69.4 Å². The SMILES string of the molecule is Nc1ccc2c(c1)S(=O)(=O)C(COc1ccccc1)=C2. The van der Waals surface area contributed by atoms with E-state index >= 15 is 0 Å². The van der Waals surface area contributed by atoms with E-state index in [1.54, 1.807) is 30.3 Å². The molecule has 0 amide bonds. The van der Waals surface area contributed by atoms with E-state index < -0.39 is 9.84 Å². The third-order valence-corrected chi connectivity index (χ3v) is 4.97. The van der Waals surface area contributed by atoms with Crippen LogP contribution in [-0.4, -0.2) is 15.0 Å². The molecule has 0 spiro atoms. The first-order valence-corrected chi connectivity index (χ1v) is 7.59. The van der Waals surface area contributed by atoms with Crippen LogP contribution in [0.2, 0.25) is 0 Å². The van der Waals surface area contributed by atoms with E-state index in [-0.39, 0.29) is 16.4 Å². The average Bonchev–Trinajstić information content (AvgIpc) is 2.69. The molecule has 2 aromatic carbocycles. The lowest BCUT2D eigenvalue weighted by atomic mass is 10.2. The van der Waals surface area contributed by atoms with E-state index in [4.69, 9.17) is 10.5 Å². The second kappa shape index (κ2) is 4.68. The van der Waals surface area contributed by atoms with E-state index in [1.165, 1.54) is 6.07 Å². The minimum absolute atomic E-state index is 0.0148. The quantitative estimate of drug-likeness (QED) is 0.880. The minimum Gasteiger partial charge on any atom is -0.488 e. The van der Waals surface area contributed by atoms with Crippen molar-refractivity contribution in [3.05, 3.63) is 59.0 Å². The number of benzene rings is 2. The highest BCUT2D eigenvalue weighted by Gasteiger charge is 2.29. The zero-order valence-corrected chi connectivity index (χ0v) is 11.4. The Hall–Kier alpha value is -2.27. The molecule has 0 fully saturated rings. The number of rotatable bonds is 3. The molecule has 4 nitrogen and oxygen atoms in total. The first-order valence-electron chi connectivity index (χ1n) is 6.10. The van der Waals surface area contributed by atoms with Gasteiger partial charge in [0.05, 0.1) is 9.80 Å². The highest BCUT2D eigenvalue weighted by molar-refractivity contribution is 7.95. The van der Waals surface area contributed by atoms with Crippen molar-refractivity contribution in [2.75, 3.05) is 12.3 Å². The van der Waals surface area contributed by atoms with E-state index in [1.807, 2.05) is 18.2 Å². The standard InChI is InChI=1S/C15H13NO3S/c16-12-7-6-11-8-14(20(17,18)15(11)9-12)10-19-13-4-2-1-3-5-13/h1-9H,10,16H2. The predicted molar refractivity (Wildman–Crippen MR) is 78.0 cm³/mol. The van der Waals surface area contributed by atoms with Crippen LogP contribution >= 0.6 is 0 Å². The smallest absolute Gasteiger partial charge is 0.206 e. The number of hydrogen-bond donors (Lipinski definition) is 1. The van der Waals surface area contributed by atoms with Crippen LogP contribution in [0, 0.1) is 0 Å². The number of ether oxygens (including phenoxy) is 1. The summed E-state index contributed by atoms with van der Waals surface area (Å²) in [6, 6.07) is 14.0. The normalized spacial score (nSPS) is 15.5. The molecule has 20 heavy (non-hydrogen) atoms. The molecule has 2 aromatic rings. The molecule has 102 valence electrons. The van der Waals surface area contributed by atoms with Crippen LogP contribution in [0.4, 0.5) is 5.69 Å². The molecule has 0 saturated carbocycles. The van der Waals surface area contributed by atoms with E-state index in [0.29, 0.717) is 17.0 Å². The second-order valence-corrected chi connectivity index (χ2v) is 6.48. The predicted octanol–water partition coefficient (Wildman–Crippen LogP) is 2.48. The molecule has 0 saturated heterocycles. The molecule has 5 heteroatoms. The van der Waals surface area contributed by atoms with Gasteiger partial charge in [0.25, 0.3) is 0 Å². The van der Waals surface area contributed by atoms with Crippen LogP contribution in [-0.2, 0) is 9.84 Å². The maximum absolute atomic E-state index is 12.4. The molecule has 0 aromatic heterocycles. The second-order valence-electron chi connectivity index (χ2n) is 4.51. The first-order chi connectivity index (χ1) is 9.57. The zero-order chi connectivity index (χ0) is 14.2. The van der Waals surface area contributed by atoms with Crippen molar-refractivity contribution in [1.82, 2.24) is 0 Å². The fourth-order valence-corrected chi connectivity index (χ4v) is 3.59. The minimum atomic E-state index is -3.48. The van der Waals surface area contributed by atoms with Gasteiger partial charge in [0.15, 0.2) is 0 Å². The van der Waals surface area contributed by atoms with Gasteiger partial charge in [-0.1, -0.05) is 24.3 Å². The van der Waals surface area contributed by atoms with E-state index in [0.717, 1.165) is 0 Å². The fraction of sp³-hybridized carbons (Fsp3) is 0.0667. The Bertz CT molecular complexity index is 780. The van der Waals surface area contributed by atoms with Gasteiger partial charge >= 0.3 is 0 Å². The number of hydrogen-bond acceptors (Lipinski definition) is 4. The lowest BCUT2D eigenvalue weighted by Gasteiger charge is -2.07. The third-order valence-electron chi connectivity index (χ3n) is 3.11. The summed E-state index contributed by atoms with van der Waals surface area (Å²) in [7, 11) is -3.48. The van der Waals surface area contributed by atoms with Crippen molar-refractivity contribution < 1.29 is 13.2 Å². The molecule has 0 bridgehead atoms. The Morgan fingerprint density at radius 1 is 1.05 bits per heavy atom. The summed E-state index contributed by atoms with van der Waals surface area (Å²) >= 11 is 0. The van der Waals surface area contributed by atoms with Crippen LogP contribution < -0.4 is 10.5 Å². The molecule has 1 aliphatic rings. The number of nitrogen functional groups attached to an aromatic ring is 1. The maximum atomic E-state index is 12.4. The highest BCUT2D eigenvalue weighted by Crippen LogP contribution is 2.34. The van der Waals surface area contributed by atoms with Crippen LogP contribution in [0.5, 0.6) is 5.75 Å². The Labute approximate surface area is 117 Å². The Balaban J connectivity index is 1.86. The number of anilines is 1. The van der Waals surface area contributed by atoms with Gasteiger partial charge in [0, 0.05) is 5.69 Å². The fourth-order valence-electron chi connectivity index (χ4n) is 2.09. The van der Waals surface area contributed by atoms with E-state index in [2.05, 4.69) is 0 Å². The molecule has 0 unspecified atom stereocenters. The summed E-state index contributed by atoms with van der Waals surface area (Å²) in [6.07, 6.45) is 1.63. The van der Waals surface area contributed by atoms with Crippen LogP contribution in [0.1, 0.15) is 5.56 Å². The first kappa shape index (κ1) is 12.7. The molecule has 0 radical (unpaired) electrons. The summed E-state index contributed by atoms with van der Waals surface area (Å²) in [4.78, 5) is 0.506. The summed E-state index contributed by atoms with van der Waals surface area (Å²) in [5.74, 6) is 0.638. The Morgan fingerprint density at radius 2 is 1.80 bits per heavy atom. The molecule has 0 aliphatic carbocycles. The Morgan fingerprint density at radius 3 is 2.55 bits per heavy atom. The monoisotopic (exact) mass is 287 g/mol. The number of sulfone groups is 1. The molecule has 0 atom stereocenters. The van der Waals surface area contributed by atoms with E-state index in [9.17, 15) is 8.42 Å². The highest BCUT2D eigenvalue weighted by atomic mass is 32.2. The van der Waals surface area contributed by atoms with Gasteiger partial charge in [-0.2, -0.15) is 0 Å². The van der Waals surface area contributed by atoms with Gasteiger partial charge in [0.2, 0.25) is 9.84 Å². The summed E-state index contributed by atoms with van der Waals surface area (Å²) in [5, 5.41) is 0. The van der Waals surface area contributed by atoms with Crippen molar-refractivity contribution in [3.63, 3.8) is 0 Å². The van der Waals surface area contributed by atoms with Gasteiger partial charge in [0.1, 0.15) is 12.4 Å². The molecular weight excluding hydrogens is 274 g/mol. The lowest BCUT2D eigenvalue weighted by molar-refractivity contribution is 0.359. The van der Waals surface area contributed by atoms with Crippen molar-refractivity contribution >= 4 is 21.6 Å². The molecule has 1 aliphatic heterocycles. The Kier molecular flexibility index (Phi) is 2.99. The zero-order valence-electron chi connectivity index (χ0n) is 10.6. The van der Waals surface area contributed by atoms with Gasteiger partial charge in [-0.05, 0) is 35.9 Å². The largest absolute Gasteiger partial charge is 0.488 e. The lowest BCUT2D eigenvalue weighted by Crippen LogP contribution is -2.09. The maximum Gasteiger partial charge on any atom is 0.206 e. The van der Waals surface area contributed by atoms with Crippen molar-refractivity contribution in [2.24, 2.45) is 0 Å². The van der Waals surface area contributed by atoms with Crippen LogP contribution in [0.25, 0.3) is 6.08 Å². The molecule has 3 rings (SSSR count). The summed E-state index contributed by atoms with van der Waals surface area (Å²) in [5.41, 5.74) is 6.74. The molecular formula is C15H13NO3S. The summed E-state index contributed by atoms with van der Waals surface area (Å²) < 4.78 is 30.2. The molecule has 1 heterocycles. The van der Waals surface area contributed by atoms with Gasteiger partial charge in [-0.25, -0.2) is 8.42 Å². The van der Waals surface area contributed by atoms with Crippen molar-refractivity contribution in [3.8, 4) is 5.75 Å².